The maximum atomic E-state index is 7.00. The smallest absolute Gasteiger partial charge is 0.167 e. The molecule has 0 aliphatic carbocycles. The van der Waals surface area contributed by atoms with Gasteiger partial charge in [-0.1, -0.05) is 164 Å². The maximum absolute atomic E-state index is 7.00. The summed E-state index contributed by atoms with van der Waals surface area (Å²) in [6.45, 7) is 0. The summed E-state index contributed by atoms with van der Waals surface area (Å²) in [6, 6.07) is 65.7. The van der Waals surface area contributed by atoms with Crippen molar-refractivity contribution in [1.82, 2.24) is 15.0 Å². The summed E-state index contributed by atoms with van der Waals surface area (Å²) in [6.07, 6.45) is 0. The average molecular weight is 734 g/mol. The van der Waals surface area contributed by atoms with Crippen LogP contribution in [0.25, 0.3) is 110 Å². The molecule has 4 nitrogen and oxygen atoms in total. The minimum absolute atomic E-state index is 0.567. The van der Waals surface area contributed by atoms with E-state index in [0.29, 0.717) is 17.5 Å². The van der Waals surface area contributed by atoms with Gasteiger partial charge in [-0.05, 0) is 52.1 Å². The molecule has 5 heteroatoms. The number of hydrogen-bond acceptors (Lipinski definition) is 5. The molecule has 11 rings (SSSR count). The molecular weight excluding hydrogens is 703 g/mol. The normalized spacial score (nSPS) is 11.6. The topological polar surface area (TPSA) is 51.8 Å². The number of hydrogen-bond donors (Lipinski definition) is 0. The lowest BCUT2D eigenvalue weighted by molar-refractivity contribution is 0.670. The van der Waals surface area contributed by atoms with Crippen LogP contribution in [-0.4, -0.2) is 15.0 Å². The van der Waals surface area contributed by atoms with Crippen LogP contribution in [0.1, 0.15) is 0 Å². The molecule has 3 heterocycles. The number of rotatable bonds is 6. The lowest BCUT2D eigenvalue weighted by Crippen LogP contribution is -2.00. The summed E-state index contributed by atoms with van der Waals surface area (Å²) < 4.78 is 9.51. The van der Waals surface area contributed by atoms with Crippen molar-refractivity contribution in [1.29, 1.82) is 0 Å². The van der Waals surface area contributed by atoms with E-state index in [1.54, 1.807) is 0 Å². The molecule has 0 saturated heterocycles. The number of benzene rings is 8. The molecule has 3 aromatic heterocycles. The third kappa shape index (κ3) is 5.48. The summed E-state index contributed by atoms with van der Waals surface area (Å²) in [5.74, 6) is 1.80. The monoisotopic (exact) mass is 733 g/mol. The fraction of sp³-hybridized carbons (Fsp3) is 0. The standard InChI is InChI=1S/C51H31N3OS/c1-4-14-32(15-5-1)33-26-28-34(29-27-33)43-30-37(31-45-46(43)41-20-10-11-25-44(41)56-45)38-21-12-22-39-40-23-13-24-42(48(40)55-47(38)39)51-53-49(35-16-6-2-7-17-35)52-50(54-51)36-18-8-3-9-19-36/h1-31H. The van der Waals surface area contributed by atoms with Crippen molar-refractivity contribution in [2.75, 3.05) is 0 Å². The zero-order valence-corrected chi connectivity index (χ0v) is 30.9. The van der Waals surface area contributed by atoms with E-state index in [9.17, 15) is 0 Å². The Morgan fingerprint density at radius 1 is 0.321 bits per heavy atom. The van der Waals surface area contributed by atoms with Crippen molar-refractivity contribution >= 4 is 53.4 Å². The molecule has 0 atom stereocenters. The van der Waals surface area contributed by atoms with Gasteiger partial charge in [0, 0.05) is 47.6 Å². The molecule has 56 heavy (non-hydrogen) atoms. The van der Waals surface area contributed by atoms with Crippen LogP contribution >= 0.6 is 11.3 Å². The van der Waals surface area contributed by atoms with E-state index < -0.39 is 0 Å². The van der Waals surface area contributed by atoms with Gasteiger partial charge in [0.05, 0.1) is 5.56 Å². The number of furan rings is 1. The Labute approximate surface area is 327 Å². The molecule has 0 radical (unpaired) electrons. The highest BCUT2D eigenvalue weighted by atomic mass is 32.1. The molecule has 11 aromatic rings. The fourth-order valence-electron chi connectivity index (χ4n) is 7.86. The first-order valence-electron chi connectivity index (χ1n) is 18.7. The zero-order valence-electron chi connectivity index (χ0n) is 30.1. The van der Waals surface area contributed by atoms with Crippen LogP contribution < -0.4 is 0 Å². The predicted molar refractivity (Wildman–Crippen MR) is 233 cm³/mol. The Bertz CT molecular complexity index is 3170. The van der Waals surface area contributed by atoms with Crippen LogP contribution in [0.15, 0.2) is 192 Å². The van der Waals surface area contributed by atoms with E-state index in [1.807, 2.05) is 78.1 Å². The Morgan fingerprint density at radius 2 is 0.821 bits per heavy atom. The Balaban J connectivity index is 1.10. The van der Waals surface area contributed by atoms with Crippen LogP contribution in [0.4, 0.5) is 0 Å². The van der Waals surface area contributed by atoms with Crippen molar-refractivity contribution in [2.45, 2.75) is 0 Å². The Morgan fingerprint density at radius 3 is 1.48 bits per heavy atom. The van der Waals surface area contributed by atoms with Gasteiger partial charge in [0.25, 0.3) is 0 Å². The van der Waals surface area contributed by atoms with E-state index in [-0.39, 0.29) is 0 Å². The summed E-state index contributed by atoms with van der Waals surface area (Å²) in [5, 5.41) is 4.61. The number of para-hydroxylation sites is 2. The lowest BCUT2D eigenvalue weighted by atomic mass is 9.93. The first-order chi connectivity index (χ1) is 27.7. The van der Waals surface area contributed by atoms with Crippen molar-refractivity contribution < 1.29 is 4.42 Å². The second kappa shape index (κ2) is 13.3. The minimum Gasteiger partial charge on any atom is -0.455 e. The molecule has 262 valence electrons. The number of aromatic nitrogens is 3. The van der Waals surface area contributed by atoms with Crippen LogP contribution in [0.2, 0.25) is 0 Å². The average Bonchev–Trinajstić information content (AvgIpc) is 3.86. The minimum atomic E-state index is 0.567. The highest BCUT2D eigenvalue weighted by Gasteiger charge is 2.21. The van der Waals surface area contributed by atoms with Crippen molar-refractivity contribution in [2.24, 2.45) is 0 Å². The molecule has 0 saturated carbocycles. The molecule has 0 fully saturated rings. The highest BCUT2D eigenvalue weighted by Crippen LogP contribution is 2.45. The molecule has 0 unspecified atom stereocenters. The maximum Gasteiger partial charge on any atom is 0.167 e. The van der Waals surface area contributed by atoms with Crippen molar-refractivity contribution in [3.8, 4) is 67.5 Å². The van der Waals surface area contributed by atoms with E-state index >= 15 is 0 Å². The molecule has 0 amide bonds. The Hall–Kier alpha value is -7.21. The van der Waals surface area contributed by atoms with Gasteiger partial charge in [-0.2, -0.15) is 0 Å². The van der Waals surface area contributed by atoms with Gasteiger partial charge in [0.15, 0.2) is 17.5 Å². The second-order valence-corrected chi connectivity index (χ2v) is 15.0. The third-order valence-electron chi connectivity index (χ3n) is 10.6. The van der Waals surface area contributed by atoms with Crippen molar-refractivity contribution in [3.05, 3.63) is 188 Å². The van der Waals surface area contributed by atoms with Crippen LogP contribution in [0.5, 0.6) is 0 Å². The number of nitrogens with zero attached hydrogens (tertiary/aromatic N) is 3. The van der Waals surface area contributed by atoms with Gasteiger partial charge in [0.2, 0.25) is 0 Å². The first kappa shape index (κ1) is 32.2. The lowest BCUT2D eigenvalue weighted by Gasteiger charge is -2.11. The second-order valence-electron chi connectivity index (χ2n) is 13.9. The Kier molecular flexibility index (Phi) is 7.64. The quantitative estimate of drug-likeness (QED) is 0.171. The van der Waals surface area contributed by atoms with Crippen LogP contribution in [-0.2, 0) is 0 Å². The van der Waals surface area contributed by atoms with E-state index in [0.717, 1.165) is 49.8 Å². The molecule has 0 N–H and O–H groups in total. The van der Waals surface area contributed by atoms with Gasteiger partial charge in [-0.3, -0.25) is 0 Å². The summed E-state index contributed by atoms with van der Waals surface area (Å²) in [5.41, 5.74) is 11.2. The first-order valence-corrected chi connectivity index (χ1v) is 19.5. The predicted octanol–water partition coefficient (Wildman–Crippen LogP) is 14.1. The van der Waals surface area contributed by atoms with Gasteiger partial charge < -0.3 is 4.42 Å². The third-order valence-corrected chi connectivity index (χ3v) is 11.7. The number of fused-ring (bicyclic) bond motifs is 6. The van der Waals surface area contributed by atoms with Gasteiger partial charge in [0.1, 0.15) is 11.2 Å². The van der Waals surface area contributed by atoms with Crippen LogP contribution in [0, 0.1) is 0 Å². The SMILES string of the molecule is c1ccc(-c2ccc(-c3cc(-c4cccc5c4oc4c(-c6nc(-c7ccccc7)nc(-c7ccccc7)n6)cccc45)cc4sc5ccccc5c34)cc2)cc1. The molecule has 8 aromatic carbocycles. The largest absolute Gasteiger partial charge is 0.455 e. The van der Waals surface area contributed by atoms with E-state index in [4.69, 9.17) is 19.4 Å². The molecular formula is C51H31N3OS. The van der Waals surface area contributed by atoms with Crippen molar-refractivity contribution in [3.63, 3.8) is 0 Å². The molecule has 0 spiro atoms. The van der Waals surface area contributed by atoms with Gasteiger partial charge in [-0.15, -0.1) is 11.3 Å². The number of thiophene rings is 1. The van der Waals surface area contributed by atoms with Gasteiger partial charge in [-0.25, -0.2) is 15.0 Å². The molecule has 0 aliphatic rings. The van der Waals surface area contributed by atoms with E-state index in [2.05, 4.69) is 121 Å². The fourth-order valence-corrected chi connectivity index (χ4v) is 9.03. The molecule has 0 bridgehead atoms. The van der Waals surface area contributed by atoms with Gasteiger partial charge >= 0.3 is 0 Å². The molecule has 0 aliphatic heterocycles. The highest BCUT2D eigenvalue weighted by molar-refractivity contribution is 7.26. The van der Waals surface area contributed by atoms with E-state index in [1.165, 1.54) is 42.4 Å². The summed E-state index contributed by atoms with van der Waals surface area (Å²) in [7, 11) is 0. The summed E-state index contributed by atoms with van der Waals surface area (Å²) >= 11 is 1.84. The zero-order chi connectivity index (χ0) is 37.0. The van der Waals surface area contributed by atoms with Crippen LogP contribution in [0.3, 0.4) is 0 Å². The summed E-state index contributed by atoms with van der Waals surface area (Å²) in [4.78, 5) is 15.0.